The number of aliphatic hydroxyl groups excluding tert-OH is 1. The first-order valence-electron chi connectivity index (χ1n) is 10.8. The van der Waals surface area contributed by atoms with E-state index in [4.69, 9.17) is 20.0 Å². The third kappa shape index (κ3) is 3.58. The predicted molar refractivity (Wildman–Crippen MR) is 122 cm³/mol. The van der Waals surface area contributed by atoms with Crippen LogP contribution >= 0.6 is 0 Å². The molecule has 0 saturated carbocycles. The van der Waals surface area contributed by atoms with Crippen molar-refractivity contribution in [2.45, 2.75) is 25.8 Å². The number of rotatable bonds is 6. The zero-order valence-corrected chi connectivity index (χ0v) is 18.5. The molecular weight excluding hydrogens is 418 g/mol. The van der Waals surface area contributed by atoms with Gasteiger partial charge in [0.15, 0.2) is 0 Å². The van der Waals surface area contributed by atoms with Crippen LogP contribution in [0.4, 0.5) is 0 Å². The Kier molecular flexibility index (Phi) is 5.43. The first kappa shape index (κ1) is 21.0. The summed E-state index contributed by atoms with van der Waals surface area (Å²) in [5.41, 5.74) is 4.61. The Hall–Kier alpha value is -3.91. The Morgan fingerprint density at radius 1 is 1.09 bits per heavy atom. The van der Waals surface area contributed by atoms with Gasteiger partial charge in [-0.2, -0.15) is 5.10 Å². The number of ether oxygens (including phenoxy) is 2. The smallest absolute Gasteiger partial charge is 0.230 e. The molecule has 5 rings (SSSR count). The van der Waals surface area contributed by atoms with Crippen LogP contribution in [0, 0.1) is 12.3 Å². The standard InChI is InChI=1S/C25H25N5O3/c1-16-20-21(17-9-11-19(32-2)12-10-17)22-23(26)29(13-6-14-31)15-27-24(22)33-25(20)30(28-16)18-7-4-3-5-8-18/h3-5,7-12,15,21,26,31H,6,13-14H2,1-2H3. The van der Waals surface area contributed by atoms with Gasteiger partial charge >= 0.3 is 0 Å². The quantitative estimate of drug-likeness (QED) is 0.418. The van der Waals surface area contributed by atoms with Gasteiger partial charge in [0.05, 0.1) is 35.5 Å². The van der Waals surface area contributed by atoms with Gasteiger partial charge < -0.3 is 19.1 Å². The van der Waals surface area contributed by atoms with Crippen molar-refractivity contribution in [1.82, 2.24) is 19.3 Å². The molecule has 2 aromatic carbocycles. The molecule has 0 amide bonds. The molecule has 33 heavy (non-hydrogen) atoms. The maximum atomic E-state index is 9.27. The molecule has 168 valence electrons. The van der Waals surface area contributed by atoms with Gasteiger partial charge in [-0.05, 0) is 43.2 Å². The minimum Gasteiger partial charge on any atom is -0.497 e. The lowest BCUT2D eigenvalue weighted by Gasteiger charge is -2.27. The topological polar surface area (TPSA) is 98.2 Å². The van der Waals surface area contributed by atoms with Crippen LogP contribution in [0.1, 0.15) is 34.7 Å². The summed E-state index contributed by atoms with van der Waals surface area (Å²) in [4.78, 5) is 4.56. The largest absolute Gasteiger partial charge is 0.497 e. The summed E-state index contributed by atoms with van der Waals surface area (Å²) in [5, 5.41) is 23.0. The average molecular weight is 444 g/mol. The van der Waals surface area contributed by atoms with E-state index in [1.165, 1.54) is 0 Å². The van der Waals surface area contributed by atoms with Gasteiger partial charge in [0.2, 0.25) is 11.8 Å². The number of aromatic nitrogens is 4. The third-order valence-corrected chi connectivity index (χ3v) is 5.93. The summed E-state index contributed by atoms with van der Waals surface area (Å²) in [6.07, 6.45) is 2.14. The van der Waals surface area contributed by atoms with E-state index in [2.05, 4.69) is 4.98 Å². The second kappa shape index (κ2) is 8.55. The van der Waals surface area contributed by atoms with Crippen molar-refractivity contribution in [3.63, 3.8) is 0 Å². The zero-order chi connectivity index (χ0) is 22.9. The first-order chi connectivity index (χ1) is 16.1. The molecule has 0 saturated heterocycles. The Bertz CT molecular complexity index is 1340. The number of fused-ring (bicyclic) bond motifs is 2. The number of nitrogens with zero attached hydrogens (tertiary/aromatic N) is 4. The molecule has 1 atom stereocenters. The molecule has 1 aliphatic rings. The fourth-order valence-corrected chi connectivity index (χ4v) is 4.32. The Balaban J connectivity index is 1.74. The van der Waals surface area contributed by atoms with Crippen molar-refractivity contribution >= 4 is 0 Å². The number of aliphatic hydroxyl groups is 1. The summed E-state index contributed by atoms with van der Waals surface area (Å²) in [5.74, 6) is 1.48. The van der Waals surface area contributed by atoms with Crippen LogP contribution in [0.3, 0.4) is 0 Å². The van der Waals surface area contributed by atoms with Gasteiger partial charge in [-0.1, -0.05) is 30.3 Å². The van der Waals surface area contributed by atoms with Gasteiger partial charge in [0.25, 0.3) is 0 Å². The van der Waals surface area contributed by atoms with Crippen molar-refractivity contribution < 1.29 is 14.6 Å². The second-order valence-corrected chi connectivity index (χ2v) is 7.94. The van der Waals surface area contributed by atoms with Crippen LogP contribution < -0.4 is 15.0 Å². The number of nitrogens with one attached hydrogen (secondary N) is 1. The lowest BCUT2D eigenvalue weighted by molar-refractivity contribution is 0.277. The van der Waals surface area contributed by atoms with Gasteiger partial charge in [-0.25, -0.2) is 9.67 Å². The van der Waals surface area contributed by atoms with Gasteiger partial charge in [0.1, 0.15) is 17.6 Å². The Labute approximate surface area is 191 Å². The van der Waals surface area contributed by atoms with Crippen molar-refractivity contribution in [2.75, 3.05) is 13.7 Å². The van der Waals surface area contributed by atoms with E-state index in [1.807, 2.05) is 61.5 Å². The lowest BCUT2D eigenvalue weighted by atomic mass is 9.84. The molecule has 2 N–H and O–H groups in total. The van der Waals surface area contributed by atoms with E-state index in [1.54, 1.807) is 22.7 Å². The highest BCUT2D eigenvalue weighted by Gasteiger charge is 2.37. The highest BCUT2D eigenvalue weighted by Crippen LogP contribution is 2.47. The van der Waals surface area contributed by atoms with E-state index in [0.29, 0.717) is 35.8 Å². The fourth-order valence-electron chi connectivity index (χ4n) is 4.32. The molecule has 0 spiro atoms. The maximum absolute atomic E-state index is 9.27. The Morgan fingerprint density at radius 3 is 2.55 bits per heavy atom. The molecule has 2 aromatic heterocycles. The maximum Gasteiger partial charge on any atom is 0.230 e. The predicted octanol–water partition coefficient (Wildman–Crippen LogP) is 3.53. The Morgan fingerprint density at radius 2 is 1.85 bits per heavy atom. The first-order valence-corrected chi connectivity index (χ1v) is 10.8. The molecule has 4 aromatic rings. The zero-order valence-electron chi connectivity index (χ0n) is 18.5. The summed E-state index contributed by atoms with van der Waals surface area (Å²) in [7, 11) is 1.64. The summed E-state index contributed by atoms with van der Waals surface area (Å²) in [6, 6.07) is 17.7. The SMILES string of the molecule is COc1ccc(C2c3c(C)nn(-c4ccccc4)c3Oc3ncn(CCCO)c(=N)c32)cc1. The van der Waals surface area contributed by atoms with E-state index in [9.17, 15) is 5.11 Å². The van der Waals surface area contributed by atoms with Crippen molar-refractivity contribution in [2.24, 2.45) is 0 Å². The molecule has 0 aliphatic carbocycles. The van der Waals surface area contributed by atoms with E-state index >= 15 is 0 Å². The van der Waals surface area contributed by atoms with Crippen LogP contribution in [0.5, 0.6) is 17.5 Å². The minimum atomic E-state index is -0.284. The van der Waals surface area contributed by atoms with Crippen LogP contribution in [-0.4, -0.2) is 38.2 Å². The summed E-state index contributed by atoms with van der Waals surface area (Å²) < 4.78 is 15.2. The van der Waals surface area contributed by atoms with Crippen molar-refractivity contribution in [3.05, 3.63) is 88.8 Å². The molecule has 0 fully saturated rings. The minimum absolute atomic E-state index is 0.0506. The van der Waals surface area contributed by atoms with E-state index in [-0.39, 0.29) is 12.5 Å². The molecule has 0 bridgehead atoms. The number of para-hydroxylation sites is 1. The molecule has 0 radical (unpaired) electrons. The third-order valence-electron chi connectivity index (χ3n) is 5.93. The molecule has 8 nitrogen and oxygen atoms in total. The molecule has 1 unspecified atom stereocenters. The van der Waals surface area contributed by atoms with Gasteiger partial charge in [-0.3, -0.25) is 5.41 Å². The van der Waals surface area contributed by atoms with E-state index < -0.39 is 0 Å². The van der Waals surface area contributed by atoms with Gasteiger partial charge in [0, 0.05) is 13.2 Å². The van der Waals surface area contributed by atoms with Gasteiger partial charge in [-0.15, -0.1) is 0 Å². The number of benzene rings is 2. The van der Waals surface area contributed by atoms with E-state index in [0.717, 1.165) is 28.3 Å². The van der Waals surface area contributed by atoms with Crippen LogP contribution in [0.15, 0.2) is 60.9 Å². The number of methoxy groups -OCH3 is 1. The molecule has 1 aliphatic heterocycles. The van der Waals surface area contributed by atoms with Crippen LogP contribution in [-0.2, 0) is 6.54 Å². The monoisotopic (exact) mass is 443 g/mol. The molecule has 8 heteroatoms. The lowest BCUT2D eigenvalue weighted by Crippen LogP contribution is -2.30. The molecular formula is C25H25N5O3. The summed E-state index contributed by atoms with van der Waals surface area (Å²) in [6.45, 7) is 2.51. The van der Waals surface area contributed by atoms with Crippen LogP contribution in [0.2, 0.25) is 0 Å². The average Bonchev–Trinajstić information content (AvgIpc) is 3.19. The number of aryl methyl sites for hydroxylation is 2. The van der Waals surface area contributed by atoms with Crippen LogP contribution in [0.25, 0.3) is 5.69 Å². The summed E-state index contributed by atoms with van der Waals surface area (Å²) >= 11 is 0. The number of hydrogen-bond donors (Lipinski definition) is 2. The highest BCUT2D eigenvalue weighted by molar-refractivity contribution is 5.57. The second-order valence-electron chi connectivity index (χ2n) is 7.94. The number of hydrogen-bond acceptors (Lipinski definition) is 6. The van der Waals surface area contributed by atoms with Crippen molar-refractivity contribution in [1.29, 1.82) is 5.41 Å². The normalized spacial score (nSPS) is 14.3. The van der Waals surface area contributed by atoms with Crippen molar-refractivity contribution in [3.8, 4) is 23.2 Å². The molecule has 3 heterocycles. The highest BCUT2D eigenvalue weighted by atomic mass is 16.5. The fraction of sp³-hybridized carbons (Fsp3) is 0.240.